The van der Waals surface area contributed by atoms with Gasteiger partial charge in [-0.3, -0.25) is 4.98 Å². The van der Waals surface area contributed by atoms with Gasteiger partial charge >= 0.3 is 6.03 Å². The van der Waals surface area contributed by atoms with Gasteiger partial charge in [0.05, 0.1) is 5.69 Å². The Morgan fingerprint density at radius 1 is 1.15 bits per heavy atom. The van der Waals surface area contributed by atoms with Crippen LogP contribution in [-0.4, -0.2) is 32.3 Å². The molecule has 0 spiro atoms. The number of anilines is 1. The number of carbonyl (C=O) groups excluding carboxylic acids is 1. The fourth-order valence-electron chi connectivity index (χ4n) is 2.62. The van der Waals surface area contributed by atoms with Crippen LogP contribution in [0.1, 0.15) is 25.6 Å². The predicted octanol–water partition coefficient (Wildman–Crippen LogP) is 3.29. The normalized spacial score (nSPS) is 10.7. The maximum absolute atomic E-state index is 12.3. The average Bonchev–Trinajstić information content (AvgIpc) is 3.13. The van der Waals surface area contributed by atoms with Crippen molar-refractivity contribution in [2.45, 2.75) is 26.3 Å². The monoisotopic (exact) mass is 350 g/mol. The van der Waals surface area contributed by atoms with E-state index >= 15 is 0 Å². The smallest absolute Gasteiger partial charge is 0.319 e. The number of hydrogen-bond donors (Lipinski definition) is 2. The Hall–Kier alpha value is -3.22. The Bertz CT molecular complexity index is 859. The SMILES string of the molecule is CC(C)n1cnnc1-c1ccccc1NC(=O)NCCc1ccccn1. The van der Waals surface area contributed by atoms with Gasteiger partial charge in [-0.1, -0.05) is 18.2 Å². The van der Waals surface area contributed by atoms with Gasteiger partial charge in [-0.2, -0.15) is 0 Å². The summed E-state index contributed by atoms with van der Waals surface area (Å²) in [6.07, 6.45) is 4.12. The first kappa shape index (κ1) is 17.6. The third-order valence-corrected chi connectivity index (χ3v) is 3.94. The predicted molar refractivity (Wildman–Crippen MR) is 101 cm³/mol. The number of para-hydroxylation sites is 1. The molecule has 2 heterocycles. The minimum absolute atomic E-state index is 0.222. The first-order chi connectivity index (χ1) is 12.6. The molecule has 7 heteroatoms. The molecule has 0 atom stereocenters. The number of benzene rings is 1. The van der Waals surface area contributed by atoms with E-state index < -0.39 is 0 Å². The van der Waals surface area contributed by atoms with E-state index in [-0.39, 0.29) is 12.1 Å². The molecule has 134 valence electrons. The molecule has 1 aromatic carbocycles. The number of aromatic nitrogens is 4. The molecular weight excluding hydrogens is 328 g/mol. The van der Waals surface area contributed by atoms with Crippen molar-refractivity contribution >= 4 is 11.7 Å². The van der Waals surface area contributed by atoms with Crippen LogP contribution >= 0.6 is 0 Å². The lowest BCUT2D eigenvalue weighted by atomic mass is 10.1. The fraction of sp³-hybridized carbons (Fsp3) is 0.263. The molecule has 0 bridgehead atoms. The number of nitrogens with one attached hydrogen (secondary N) is 2. The highest BCUT2D eigenvalue weighted by atomic mass is 16.2. The molecule has 2 N–H and O–H groups in total. The minimum Gasteiger partial charge on any atom is -0.337 e. The van der Waals surface area contributed by atoms with Gasteiger partial charge < -0.3 is 15.2 Å². The molecule has 0 fully saturated rings. The zero-order valence-electron chi connectivity index (χ0n) is 14.9. The molecule has 0 saturated carbocycles. The van der Waals surface area contributed by atoms with Gasteiger partial charge in [-0.15, -0.1) is 10.2 Å². The molecule has 2 aromatic heterocycles. The van der Waals surface area contributed by atoms with Gasteiger partial charge in [-0.05, 0) is 38.1 Å². The van der Waals surface area contributed by atoms with Gasteiger partial charge in [0.25, 0.3) is 0 Å². The van der Waals surface area contributed by atoms with Crippen LogP contribution in [0.3, 0.4) is 0 Å². The summed E-state index contributed by atoms with van der Waals surface area (Å²) in [5.74, 6) is 0.726. The summed E-state index contributed by atoms with van der Waals surface area (Å²) in [7, 11) is 0. The summed E-state index contributed by atoms with van der Waals surface area (Å²) in [5, 5.41) is 14.0. The van der Waals surface area contributed by atoms with Crippen LogP contribution in [0.15, 0.2) is 55.0 Å². The maximum Gasteiger partial charge on any atom is 0.319 e. The van der Waals surface area contributed by atoms with E-state index in [2.05, 4.69) is 39.7 Å². The highest BCUT2D eigenvalue weighted by molar-refractivity contribution is 5.93. The van der Waals surface area contributed by atoms with E-state index in [1.165, 1.54) is 0 Å². The van der Waals surface area contributed by atoms with Crippen molar-refractivity contribution < 1.29 is 4.79 Å². The van der Waals surface area contributed by atoms with Crippen LogP contribution in [0.5, 0.6) is 0 Å². The number of nitrogens with zero attached hydrogens (tertiary/aromatic N) is 4. The molecule has 3 rings (SSSR count). The minimum atomic E-state index is -0.260. The van der Waals surface area contributed by atoms with Gasteiger partial charge in [-0.25, -0.2) is 4.79 Å². The molecule has 7 nitrogen and oxygen atoms in total. The number of amides is 2. The van der Waals surface area contributed by atoms with Crippen molar-refractivity contribution in [3.63, 3.8) is 0 Å². The molecular formula is C19H22N6O. The summed E-state index contributed by atoms with van der Waals surface area (Å²) >= 11 is 0. The van der Waals surface area contributed by atoms with Crippen molar-refractivity contribution in [2.75, 3.05) is 11.9 Å². The zero-order valence-corrected chi connectivity index (χ0v) is 14.9. The molecule has 0 unspecified atom stereocenters. The summed E-state index contributed by atoms with van der Waals surface area (Å²) in [6, 6.07) is 13.3. The van der Waals surface area contributed by atoms with Crippen LogP contribution in [-0.2, 0) is 6.42 Å². The Balaban J connectivity index is 1.66. The lowest BCUT2D eigenvalue weighted by Crippen LogP contribution is -2.30. The van der Waals surface area contributed by atoms with Gasteiger partial charge in [0.15, 0.2) is 5.82 Å². The molecule has 0 aliphatic heterocycles. The molecule has 0 saturated heterocycles. The van der Waals surface area contributed by atoms with E-state index in [1.54, 1.807) is 12.5 Å². The van der Waals surface area contributed by atoms with E-state index in [0.717, 1.165) is 17.1 Å². The summed E-state index contributed by atoms with van der Waals surface area (Å²) in [6.45, 7) is 4.63. The molecule has 0 aliphatic carbocycles. The zero-order chi connectivity index (χ0) is 18.4. The molecule has 26 heavy (non-hydrogen) atoms. The number of hydrogen-bond acceptors (Lipinski definition) is 4. The van der Waals surface area contributed by atoms with E-state index in [9.17, 15) is 4.79 Å². The van der Waals surface area contributed by atoms with Crippen LogP contribution < -0.4 is 10.6 Å². The Morgan fingerprint density at radius 2 is 1.96 bits per heavy atom. The van der Waals surface area contributed by atoms with Crippen molar-refractivity contribution in [3.05, 3.63) is 60.7 Å². The summed E-state index contributed by atoms with van der Waals surface area (Å²) in [4.78, 5) is 16.5. The van der Waals surface area contributed by atoms with Crippen molar-refractivity contribution in [2.24, 2.45) is 0 Å². The number of urea groups is 1. The fourth-order valence-corrected chi connectivity index (χ4v) is 2.62. The van der Waals surface area contributed by atoms with Gasteiger partial charge in [0, 0.05) is 36.5 Å². The lowest BCUT2D eigenvalue weighted by Gasteiger charge is -2.14. The number of rotatable bonds is 6. The Labute approximate surface area is 152 Å². The lowest BCUT2D eigenvalue weighted by molar-refractivity contribution is 0.252. The van der Waals surface area contributed by atoms with Crippen molar-refractivity contribution in [1.29, 1.82) is 0 Å². The van der Waals surface area contributed by atoms with Crippen molar-refractivity contribution in [1.82, 2.24) is 25.1 Å². The second kappa shape index (κ2) is 8.24. The summed E-state index contributed by atoms with van der Waals surface area (Å²) in [5.41, 5.74) is 2.47. The van der Waals surface area contributed by atoms with Gasteiger partial charge in [0.2, 0.25) is 0 Å². The van der Waals surface area contributed by atoms with Crippen LogP contribution in [0.2, 0.25) is 0 Å². The largest absolute Gasteiger partial charge is 0.337 e. The quantitative estimate of drug-likeness (QED) is 0.714. The molecule has 0 radical (unpaired) electrons. The highest BCUT2D eigenvalue weighted by Gasteiger charge is 2.14. The third-order valence-electron chi connectivity index (χ3n) is 3.94. The Morgan fingerprint density at radius 3 is 2.73 bits per heavy atom. The average molecular weight is 350 g/mol. The second-order valence-electron chi connectivity index (χ2n) is 6.15. The van der Waals surface area contributed by atoms with Gasteiger partial charge in [0.1, 0.15) is 6.33 Å². The molecule has 2 amide bonds. The van der Waals surface area contributed by atoms with Crippen LogP contribution in [0.25, 0.3) is 11.4 Å². The second-order valence-corrected chi connectivity index (χ2v) is 6.15. The standard InChI is InChI=1S/C19H22N6O/c1-14(2)25-13-22-24-18(25)16-8-3-4-9-17(16)23-19(26)21-12-10-15-7-5-6-11-20-15/h3-9,11,13-14H,10,12H2,1-2H3,(H2,21,23,26). The van der Waals surface area contributed by atoms with E-state index in [4.69, 9.17) is 0 Å². The van der Waals surface area contributed by atoms with Crippen molar-refractivity contribution in [3.8, 4) is 11.4 Å². The summed E-state index contributed by atoms with van der Waals surface area (Å²) < 4.78 is 1.97. The molecule has 3 aromatic rings. The highest BCUT2D eigenvalue weighted by Crippen LogP contribution is 2.27. The first-order valence-corrected chi connectivity index (χ1v) is 8.59. The Kier molecular flexibility index (Phi) is 5.58. The molecule has 0 aliphatic rings. The topological polar surface area (TPSA) is 84.7 Å². The number of carbonyl (C=O) groups is 1. The van der Waals surface area contributed by atoms with E-state index in [1.807, 2.05) is 47.0 Å². The van der Waals surface area contributed by atoms with E-state index in [0.29, 0.717) is 18.7 Å². The number of pyridine rings is 1. The third kappa shape index (κ3) is 4.24. The van der Waals surface area contributed by atoms with Crippen LogP contribution in [0, 0.1) is 0 Å². The maximum atomic E-state index is 12.3. The van der Waals surface area contributed by atoms with Crippen LogP contribution in [0.4, 0.5) is 10.5 Å². The first-order valence-electron chi connectivity index (χ1n) is 8.59.